The number of hydrogen-bond donors (Lipinski definition) is 1. The van der Waals surface area contributed by atoms with Gasteiger partial charge in [-0.1, -0.05) is 20.8 Å². The molecule has 0 fully saturated rings. The average Bonchev–Trinajstić information content (AvgIpc) is 2.38. The monoisotopic (exact) mass is 226 g/mol. The summed E-state index contributed by atoms with van der Waals surface area (Å²) in [4.78, 5) is 0. The number of rotatable bonds is 3. The molecule has 1 atom stereocenters. The summed E-state index contributed by atoms with van der Waals surface area (Å²) in [7, 11) is 0. The summed E-state index contributed by atoms with van der Waals surface area (Å²) < 4.78 is 2.10. The lowest BCUT2D eigenvalue weighted by Crippen LogP contribution is -2.27. The summed E-state index contributed by atoms with van der Waals surface area (Å²) in [6.07, 6.45) is 0. The third-order valence-corrected chi connectivity index (χ3v) is 3.38. The SMILES string of the molecule is Cc1cc(C)n(CC(CS)C(C)(C)C)n1. The Balaban J connectivity index is 2.80. The minimum absolute atomic E-state index is 0.286. The molecule has 15 heavy (non-hydrogen) atoms. The van der Waals surface area contributed by atoms with Gasteiger partial charge in [-0.25, -0.2) is 0 Å². The van der Waals surface area contributed by atoms with Gasteiger partial charge in [0.05, 0.1) is 5.69 Å². The summed E-state index contributed by atoms with van der Waals surface area (Å²) in [6.45, 7) is 11.9. The Bertz CT molecular complexity index is 323. The van der Waals surface area contributed by atoms with Crippen molar-refractivity contribution >= 4 is 12.6 Å². The first-order valence-electron chi connectivity index (χ1n) is 5.46. The van der Waals surface area contributed by atoms with Crippen LogP contribution in [0.1, 0.15) is 32.2 Å². The fraction of sp³-hybridized carbons (Fsp3) is 0.750. The van der Waals surface area contributed by atoms with Gasteiger partial charge in [0.15, 0.2) is 0 Å². The lowest BCUT2D eigenvalue weighted by molar-refractivity contribution is 0.229. The summed E-state index contributed by atoms with van der Waals surface area (Å²) in [5.74, 6) is 1.46. The first kappa shape index (κ1) is 12.6. The maximum absolute atomic E-state index is 4.49. The van der Waals surface area contributed by atoms with Crippen LogP contribution < -0.4 is 0 Å². The quantitative estimate of drug-likeness (QED) is 0.784. The number of hydrogen-bond acceptors (Lipinski definition) is 2. The summed E-state index contributed by atoms with van der Waals surface area (Å²) in [5, 5.41) is 4.49. The normalized spacial score (nSPS) is 14.3. The van der Waals surface area contributed by atoms with E-state index in [9.17, 15) is 0 Å². The second-order valence-electron chi connectivity index (χ2n) is 5.35. The fourth-order valence-electron chi connectivity index (χ4n) is 1.67. The predicted octanol–water partition coefficient (Wildman–Crippen LogP) is 3.09. The largest absolute Gasteiger partial charge is 0.269 e. The molecule has 0 bridgehead atoms. The molecule has 0 spiro atoms. The Morgan fingerprint density at radius 3 is 2.33 bits per heavy atom. The van der Waals surface area contributed by atoms with Gasteiger partial charge in [0.2, 0.25) is 0 Å². The molecule has 0 aliphatic carbocycles. The van der Waals surface area contributed by atoms with Gasteiger partial charge in [0.25, 0.3) is 0 Å². The molecule has 1 aromatic heterocycles. The smallest absolute Gasteiger partial charge is 0.0596 e. The van der Waals surface area contributed by atoms with Gasteiger partial charge < -0.3 is 0 Å². The molecular weight excluding hydrogens is 204 g/mol. The highest BCUT2D eigenvalue weighted by Crippen LogP contribution is 2.28. The highest BCUT2D eigenvalue weighted by Gasteiger charge is 2.24. The summed E-state index contributed by atoms with van der Waals surface area (Å²) >= 11 is 4.44. The lowest BCUT2D eigenvalue weighted by atomic mass is 9.82. The molecule has 0 amide bonds. The molecule has 1 heterocycles. The van der Waals surface area contributed by atoms with Crippen molar-refractivity contribution in [2.24, 2.45) is 11.3 Å². The van der Waals surface area contributed by atoms with Crippen LogP contribution >= 0.6 is 12.6 Å². The van der Waals surface area contributed by atoms with E-state index in [1.54, 1.807) is 0 Å². The Morgan fingerprint density at radius 1 is 1.40 bits per heavy atom. The van der Waals surface area contributed by atoms with Crippen molar-refractivity contribution < 1.29 is 0 Å². The van der Waals surface area contributed by atoms with Crippen LogP contribution in [0.3, 0.4) is 0 Å². The number of nitrogens with zero attached hydrogens (tertiary/aromatic N) is 2. The van der Waals surface area contributed by atoms with Crippen molar-refractivity contribution in [3.05, 3.63) is 17.5 Å². The van der Waals surface area contributed by atoms with Crippen molar-refractivity contribution in [3.63, 3.8) is 0 Å². The van der Waals surface area contributed by atoms with Crippen molar-refractivity contribution in [3.8, 4) is 0 Å². The van der Waals surface area contributed by atoms with Crippen molar-refractivity contribution in [2.75, 3.05) is 5.75 Å². The van der Waals surface area contributed by atoms with E-state index < -0.39 is 0 Å². The fourth-order valence-corrected chi connectivity index (χ4v) is 2.34. The van der Waals surface area contributed by atoms with Gasteiger partial charge in [-0.3, -0.25) is 4.68 Å². The van der Waals surface area contributed by atoms with Gasteiger partial charge in [0.1, 0.15) is 0 Å². The van der Waals surface area contributed by atoms with E-state index in [2.05, 4.69) is 56.2 Å². The summed E-state index contributed by atoms with van der Waals surface area (Å²) in [6, 6.07) is 2.12. The van der Waals surface area contributed by atoms with E-state index in [0.717, 1.165) is 18.0 Å². The molecule has 86 valence electrons. The molecule has 0 saturated heterocycles. The Labute approximate surface area is 98.5 Å². The van der Waals surface area contributed by atoms with E-state index in [0.29, 0.717) is 5.92 Å². The van der Waals surface area contributed by atoms with Gasteiger partial charge in [-0.2, -0.15) is 17.7 Å². The van der Waals surface area contributed by atoms with Gasteiger partial charge in [-0.05, 0) is 37.0 Å². The van der Waals surface area contributed by atoms with E-state index in [4.69, 9.17) is 0 Å². The van der Waals surface area contributed by atoms with Crippen LogP contribution in [0.25, 0.3) is 0 Å². The van der Waals surface area contributed by atoms with Crippen molar-refractivity contribution in [1.82, 2.24) is 9.78 Å². The Morgan fingerprint density at radius 2 is 2.00 bits per heavy atom. The molecule has 0 saturated carbocycles. The van der Waals surface area contributed by atoms with E-state index in [-0.39, 0.29) is 5.41 Å². The van der Waals surface area contributed by atoms with Gasteiger partial charge in [0, 0.05) is 12.2 Å². The average molecular weight is 226 g/mol. The standard InChI is InChI=1S/C12H22N2S/c1-9-6-10(2)14(13-9)7-11(8-15)12(3,4)5/h6,11,15H,7-8H2,1-5H3. The Hall–Kier alpha value is -0.440. The zero-order valence-electron chi connectivity index (χ0n) is 10.4. The summed E-state index contributed by atoms with van der Waals surface area (Å²) in [5.41, 5.74) is 2.62. The van der Waals surface area contributed by atoms with Crippen LogP contribution in [0.15, 0.2) is 6.07 Å². The van der Waals surface area contributed by atoms with Crippen LogP contribution in [-0.2, 0) is 6.54 Å². The minimum atomic E-state index is 0.286. The molecule has 0 aromatic carbocycles. The molecule has 2 nitrogen and oxygen atoms in total. The lowest BCUT2D eigenvalue weighted by Gasteiger charge is -2.29. The predicted molar refractivity (Wildman–Crippen MR) is 68.5 cm³/mol. The molecule has 0 N–H and O–H groups in total. The molecule has 0 aliphatic rings. The van der Waals surface area contributed by atoms with Crippen molar-refractivity contribution in [1.29, 1.82) is 0 Å². The van der Waals surface area contributed by atoms with Gasteiger partial charge >= 0.3 is 0 Å². The minimum Gasteiger partial charge on any atom is -0.269 e. The second kappa shape index (κ2) is 4.60. The van der Waals surface area contributed by atoms with E-state index in [1.807, 2.05) is 6.92 Å². The van der Waals surface area contributed by atoms with Gasteiger partial charge in [-0.15, -0.1) is 0 Å². The number of aryl methyl sites for hydroxylation is 2. The number of thiol groups is 1. The van der Waals surface area contributed by atoms with Crippen LogP contribution in [0.4, 0.5) is 0 Å². The first-order chi connectivity index (χ1) is 6.84. The number of aromatic nitrogens is 2. The zero-order valence-corrected chi connectivity index (χ0v) is 11.3. The van der Waals surface area contributed by atoms with Crippen LogP contribution in [0.5, 0.6) is 0 Å². The van der Waals surface area contributed by atoms with Crippen LogP contribution in [0, 0.1) is 25.2 Å². The van der Waals surface area contributed by atoms with Crippen LogP contribution in [0.2, 0.25) is 0 Å². The van der Waals surface area contributed by atoms with E-state index in [1.165, 1.54) is 5.69 Å². The molecule has 1 aromatic rings. The maximum Gasteiger partial charge on any atom is 0.0596 e. The van der Waals surface area contributed by atoms with Crippen LogP contribution in [-0.4, -0.2) is 15.5 Å². The highest BCUT2D eigenvalue weighted by atomic mass is 32.1. The Kier molecular flexibility index (Phi) is 3.87. The first-order valence-corrected chi connectivity index (χ1v) is 6.09. The zero-order chi connectivity index (χ0) is 11.6. The van der Waals surface area contributed by atoms with Crippen molar-refractivity contribution in [2.45, 2.75) is 41.2 Å². The maximum atomic E-state index is 4.49. The second-order valence-corrected chi connectivity index (χ2v) is 5.72. The molecule has 1 unspecified atom stereocenters. The highest BCUT2D eigenvalue weighted by molar-refractivity contribution is 7.80. The third kappa shape index (κ3) is 3.26. The topological polar surface area (TPSA) is 17.8 Å². The molecule has 3 heteroatoms. The molecule has 0 radical (unpaired) electrons. The molecule has 1 rings (SSSR count). The third-order valence-electron chi connectivity index (χ3n) is 2.94. The molecule has 0 aliphatic heterocycles. The molecular formula is C12H22N2S. The van der Waals surface area contributed by atoms with E-state index >= 15 is 0 Å².